The molecule has 3 aliphatic rings. The van der Waals surface area contributed by atoms with Crippen LogP contribution in [0.3, 0.4) is 0 Å². The highest BCUT2D eigenvalue weighted by Gasteiger charge is 2.50. The lowest BCUT2D eigenvalue weighted by Crippen LogP contribution is -2.36. The van der Waals surface area contributed by atoms with E-state index in [4.69, 9.17) is 0 Å². The summed E-state index contributed by atoms with van der Waals surface area (Å²) in [5.74, 6) is 4.14. The van der Waals surface area contributed by atoms with E-state index in [9.17, 15) is 5.11 Å². The normalized spacial score (nSPS) is 37.9. The van der Waals surface area contributed by atoms with Gasteiger partial charge in [0.25, 0.3) is 0 Å². The fraction of sp³-hybridized carbons (Fsp3) is 0.786. The van der Waals surface area contributed by atoms with Crippen LogP contribution in [-0.4, -0.2) is 11.2 Å². The topological polar surface area (TPSA) is 20.2 Å². The Kier molecular flexibility index (Phi) is 7.52. The van der Waals surface area contributed by atoms with Crippen LogP contribution in [0.5, 0.6) is 0 Å². The largest absolute Gasteiger partial charge is 0.393 e. The summed E-state index contributed by atoms with van der Waals surface area (Å²) in [6.45, 7) is 16.6. The minimum absolute atomic E-state index is 0.174. The number of rotatable bonds is 6. The van der Waals surface area contributed by atoms with Gasteiger partial charge in [0.05, 0.1) is 6.10 Å². The molecule has 0 aromatic rings. The summed E-state index contributed by atoms with van der Waals surface area (Å²) < 4.78 is 0. The van der Waals surface area contributed by atoms with E-state index in [-0.39, 0.29) is 6.10 Å². The van der Waals surface area contributed by atoms with E-state index in [1.54, 1.807) is 5.57 Å². The Morgan fingerprint density at radius 1 is 1.07 bits per heavy atom. The second-order valence-corrected chi connectivity index (χ2v) is 11.3. The molecule has 3 rings (SSSR count). The Morgan fingerprint density at radius 2 is 1.83 bits per heavy atom. The zero-order valence-corrected chi connectivity index (χ0v) is 19.8. The van der Waals surface area contributed by atoms with Crippen molar-refractivity contribution in [1.29, 1.82) is 0 Å². The Balaban J connectivity index is 1.70. The van der Waals surface area contributed by atoms with Crippen LogP contribution in [0.2, 0.25) is 0 Å². The van der Waals surface area contributed by atoms with E-state index < -0.39 is 0 Å². The maximum atomic E-state index is 10.0. The van der Waals surface area contributed by atoms with Gasteiger partial charge in [-0.1, -0.05) is 77.3 Å². The third-order valence-corrected chi connectivity index (χ3v) is 9.13. The molecule has 0 radical (unpaired) electrons. The molecule has 0 aromatic heterocycles. The average molecular weight is 399 g/mol. The maximum Gasteiger partial charge on any atom is 0.0583 e. The van der Waals surface area contributed by atoms with E-state index >= 15 is 0 Å². The third-order valence-electron chi connectivity index (χ3n) is 9.13. The molecule has 3 fully saturated rings. The monoisotopic (exact) mass is 398 g/mol. The van der Waals surface area contributed by atoms with Crippen molar-refractivity contribution in [2.45, 2.75) is 105 Å². The van der Waals surface area contributed by atoms with Crippen molar-refractivity contribution in [2.24, 2.45) is 35.0 Å². The van der Waals surface area contributed by atoms with Crippen molar-refractivity contribution in [3.63, 3.8) is 0 Å². The van der Waals surface area contributed by atoms with Crippen LogP contribution in [0.4, 0.5) is 0 Å². The predicted molar refractivity (Wildman–Crippen MR) is 126 cm³/mol. The van der Waals surface area contributed by atoms with Crippen molar-refractivity contribution in [3.8, 4) is 0 Å². The highest BCUT2D eigenvalue weighted by atomic mass is 16.3. The van der Waals surface area contributed by atoms with Crippen molar-refractivity contribution in [3.05, 3.63) is 35.5 Å². The summed E-state index contributed by atoms with van der Waals surface area (Å²) in [6, 6.07) is 0. The number of fused-ring (bicyclic) bond motifs is 1. The van der Waals surface area contributed by atoms with Crippen molar-refractivity contribution >= 4 is 0 Å². The van der Waals surface area contributed by atoms with Crippen molar-refractivity contribution < 1.29 is 5.11 Å². The summed E-state index contributed by atoms with van der Waals surface area (Å²) in [5.41, 5.74) is 4.70. The third kappa shape index (κ3) is 5.09. The van der Waals surface area contributed by atoms with Gasteiger partial charge >= 0.3 is 0 Å². The van der Waals surface area contributed by atoms with Crippen LogP contribution in [-0.2, 0) is 0 Å². The average Bonchev–Trinajstić information content (AvgIpc) is 3.04. The van der Waals surface area contributed by atoms with Gasteiger partial charge in [-0.05, 0) is 91.9 Å². The molecule has 1 heteroatoms. The molecule has 0 aliphatic heterocycles. The van der Waals surface area contributed by atoms with E-state index in [0.717, 1.165) is 48.9 Å². The number of aliphatic hydroxyl groups excluding tert-OH is 1. The maximum absolute atomic E-state index is 10.0. The number of allylic oxidation sites excluding steroid dienone is 4. The second kappa shape index (κ2) is 9.54. The van der Waals surface area contributed by atoms with Crippen LogP contribution in [0.15, 0.2) is 35.5 Å². The van der Waals surface area contributed by atoms with Gasteiger partial charge in [0.1, 0.15) is 0 Å². The van der Waals surface area contributed by atoms with Gasteiger partial charge in [0.15, 0.2) is 0 Å². The fourth-order valence-corrected chi connectivity index (χ4v) is 6.67. The molecule has 0 bridgehead atoms. The molecule has 3 saturated carbocycles. The Morgan fingerprint density at radius 3 is 2.55 bits per heavy atom. The molecule has 164 valence electrons. The van der Waals surface area contributed by atoms with Gasteiger partial charge in [-0.25, -0.2) is 0 Å². The minimum atomic E-state index is -0.174. The van der Waals surface area contributed by atoms with Crippen LogP contribution < -0.4 is 0 Å². The van der Waals surface area contributed by atoms with Gasteiger partial charge in [-0.3, -0.25) is 0 Å². The molecular formula is C28H46O. The smallest absolute Gasteiger partial charge is 0.0583 e. The summed E-state index contributed by atoms with van der Waals surface area (Å²) in [6.07, 6.45) is 16.8. The molecule has 5 unspecified atom stereocenters. The fourth-order valence-electron chi connectivity index (χ4n) is 6.67. The van der Waals surface area contributed by atoms with Gasteiger partial charge in [0.2, 0.25) is 0 Å². The Bertz CT molecular complexity index is 639. The van der Waals surface area contributed by atoms with Crippen LogP contribution in [0.25, 0.3) is 0 Å². The number of hydrogen-bond donors (Lipinski definition) is 1. The van der Waals surface area contributed by atoms with E-state index in [1.807, 2.05) is 0 Å². The number of aliphatic hydroxyl groups is 1. The molecule has 1 nitrogen and oxygen atoms in total. The summed E-state index contributed by atoms with van der Waals surface area (Å²) >= 11 is 0. The molecule has 3 aliphatic carbocycles. The summed E-state index contributed by atoms with van der Waals surface area (Å²) in [5, 5.41) is 10.0. The Labute approximate surface area is 180 Å². The molecule has 0 amide bonds. The molecular weight excluding hydrogens is 352 g/mol. The minimum Gasteiger partial charge on any atom is -0.393 e. The SMILES string of the molecule is C=C1CCC(O)C/C1=C/C=C1\CCC[C@@]2(C)C1CCC2C(C)CCC(C)C(C)C. The standard InChI is InChI=1S/C28H46O/c1-19(2)20(3)9-10-22(5)26-15-16-27-23(8-7-17-28(26,27)6)12-13-24-18-25(29)14-11-21(24)4/h12-13,19-20,22,25-27,29H,4,7-11,14-18H2,1-3,5-6H3/b23-12+,24-13-/t20?,22?,25?,26?,27?,28-/m1/s1. The van der Waals surface area contributed by atoms with Crippen molar-refractivity contribution in [2.75, 3.05) is 0 Å². The summed E-state index contributed by atoms with van der Waals surface area (Å²) in [7, 11) is 0. The van der Waals surface area contributed by atoms with E-state index in [0.29, 0.717) is 5.41 Å². The first-order valence-electron chi connectivity index (χ1n) is 12.5. The van der Waals surface area contributed by atoms with Gasteiger partial charge < -0.3 is 5.11 Å². The van der Waals surface area contributed by atoms with Gasteiger partial charge in [0, 0.05) is 0 Å². The first-order chi connectivity index (χ1) is 13.7. The molecule has 0 heterocycles. The second-order valence-electron chi connectivity index (χ2n) is 11.3. The highest BCUT2D eigenvalue weighted by molar-refractivity contribution is 5.36. The molecule has 0 saturated heterocycles. The summed E-state index contributed by atoms with van der Waals surface area (Å²) in [4.78, 5) is 0. The van der Waals surface area contributed by atoms with Crippen LogP contribution in [0.1, 0.15) is 98.8 Å². The molecule has 0 aromatic carbocycles. The lowest BCUT2D eigenvalue weighted by Gasteiger charge is -2.44. The quantitative estimate of drug-likeness (QED) is 0.482. The van der Waals surface area contributed by atoms with Crippen molar-refractivity contribution in [1.82, 2.24) is 0 Å². The van der Waals surface area contributed by atoms with Crippen LogP contribution in [0, 0.1) is 35.0 Å². The highest BCUT2D eigenvalue weighted by Crippen LogP contribution is 2.60. The van der Waals surface area contributed by atoms with Gasteiger partial charge in [-0.15, -0.1) is 0 Å². The zero-order chi connectivity index (χ0) is 21.2. The van der Waals surface area contributed by atoms with Crippen LogP contribution >= 0.6 is 0 Å². The lowest BCUT2D eigenvalue weighted by atomic mass is 9.60. The van der Waals surface area contributed by atoms with E-state index in [1.165, 1.54) is 56.1 Å². The molecule has 29 heavy (non-hydrogen) atoms. The first-order valence-corrected chi connectivity index (χ1v) is 12.5. The Hall–Kier alpha value is -0.820. The first kappa shape index (κ1) is 22.9. The predicted octanol–water partition coefficient (Wildman–Crippen LogP) is 7.87. The van der Waals surface area contributed by atoms with E-state index in [2.05, 4.69) is 53.3 Å². The number of hydrogen-bond acceptors (Lipinski definition) is 1. The molecule has 6 atom stereocenters. The lowest BCUT2D eigenvalue weighted by molar-refractivity contribution is 0.0907. The zero-order valence-electron chi connectivity index (χ0n) is 19.8. The van der Waals surface area contributed by atoms with Gasteiger partial charge in [-0.2, -0.15) is 0 Å². The molecule has 1 N–H and O–H groups in total. The molecule has 0 spiro atoms.